The van der Waals surface area contributed by atoms with Crippen LogP contribution in [-0.2, 0) is 4.74 Å². The van der Waals surface area contributed by atoms with E-state index in [0.29, 0.717) is 11.7 Å². The number of unbranched alkanes of at least 4 members (excludes halogenated alkanes) is 1. The lowest BCUT2D eigenvalue weighted by molar-refractivity contribution is 0.299. The zero-order valence-electron chi connectivity index (χ0n) is 12.5. The van der Waals surface area contributed by atoms with Gasteiger partial charge >= 0.3 is 0 Å². The zero-order chi connectivity index (χ0) is 15.2. The first-order chi connectivity index (χ1) is 10.8. The van der Waals surface area contributed by atoms with E-state index < -0.39 is 0 Å². The van der Waals surface area contributed by atoms with Crippen molar-refractivity contribution in [3.05, 3.63) is 54.1 Å². The van der Waals surface area contributed by atoms with Gasteiger partial charge in [0.15, 0.2) is 0 Å². The van der Waals surface area contributed by atoms with Crippen LogP contribution in [0.3, 0.4) is 0 Å². The first-order valence-electron chi connectivity index (χ1n) is 7.70. The van der Waals surface area contributed by atoms with Crippen LogP contribution < -0.4 is 4.74 Å². The number of rotatable bonds is 7. The van der Waals surface area contributed by atoms with Gasteiger partial charge in [-0.05, 0) is 54.7 Å². The predicted octanol–water partition coefficient (Wildman–Crippen LogP) is 4.17. The van der Waals surface area contributed by atoms with Crippen molar-refractivity contribution >= 4 is 0 Å². The summed E-state index contributed by atoms with van der Waals surface area (Å²) in [7, 11) is 0. The third-order valence-corrected chi connectivity index (χ3v) is 3.79. The molecule has 0 N–H and O–H groups in total. The molecule has 0 aliphatic carbocycles. The quantitative estimate of drug-likeness (QED) is 0.568. The summed E-state index contributed by atoms with van der Waals surface area (Å²) in [4.78, 5) is 0. The molecule has 1 atom stereocenters. The monoisotopic (exact) mass is 293 g/mol. The van der Waals surface area contributed by atoms with E-state index in [9.17, 15) is 0 Å². The van der Waals surface area contributed by atoms with Gasteiger partial charge in [0.1, 0.15) is 5.75 Å². The van der Waals surface area contributed by atoms with E-state index >= 15 is 0 Å². The Balaban J connectivity index is 1.49. The molecule has 1 aliphatic heterocycles. The molecule has 0 saturated carbocycles. The van der Waals surface area contributed by atoms with Crippen LogP contribution in [-0.4, -0.2) is 19.3 Å². The van der Waals surface area contributed by atoms with E-state index in [0.717, 1.165) is 49.4 Å². The minimum Gasteiger partial charge on any atom is -0.494 e. The molecular weight excluding hydrogens is 274 g/mol. The lowest BCUT2D eigenvalue weighted by atomic mass is 10.0. The molecule has 0 amide bonds. The van der Waals surface area contributed by atoms with Crippen LogP contribution in [0.5, 0.6) is 5.75 Å². The Morgan fingerprint density at radius 1 is 1.00 bits per heavy atom. The van der Waals surface area contributed by atoms with E-state index in [-0.39, 0.29) is 0 Å². The molecule has 1 fully saturated rings. The highest BCUT2D eigenvalue weighted by molar-refractivity contribution is 5.64. The standard InChI is InChI=1S/C19H19NO2/c20-13-15-4-6-16(7-5-15)17-8-10-18(11-9-17)21-12-2-1-3-19-14-22-19/h4-11,19H,1-3,12,14H2. The third kappa shape index (κ3) is 4.09. The molecule has 3 rings (SSSR count). The van der Waals surface area contributed by atoms with Gasteiger partial charge < -0.3 is 9.47 Å². The Kier molecular flexibility index (Phi) is 4.72. The zero-order valence-corrected chi connectivity index (χ0v) is 12.5. The number of epoxide rings is 1. The maximum Gasteiger partial charge on any atom is 0.119 e. The van der Waals surface area contributed by atoms with Gasteiger partial charge in [-0.2, -0.15) is 5.26 Å². The van der Waals surface area contributed by atoms with Crippen molar-refractivity contribution in [2.75, 3.05) is 13.2 Å². The van der Waals surface area contributed by atoms with Crippen LogP contribution in [0.4, 0.5) is 0 Å². The fraction of sp³-hybridized carbons (Fsp3) is 0.316. The average molecular weight is 293 g/mol. The SMILES string of the molecule is N#Cc1ccc(-c2ccc(OCCCCC3CO3)cc2)cc1. The third-order valence-electron chi connectivity index (χ3n) is 3.79. The van der Waals surface area contributed by atoms with E-state index in [1.54, 1.807) is 0 Å². The summed E-state index contributed by atoms with van der Waals surface area (Å²) in [5.41, 5.74) is 2.91. The summed E-state index contributed by atoms with van der Waals surface area (Å²) >= 11 is 0. The normalized spacial score (nSPS) is 16.0. The molecule has 0 spiro atoms. The Labute approximate surface area is 131 Å². The summed E-state index contributed by atoms with van der Waals surface area (Å²) in [5.74, 6) is 0.903. The first kappa shape index (κ1) is 14.6. The molecule has 2 aromatic rings. The number of ether oxygens (including phenoxy) is 2. The lowest BCUT2D eigenvalue weighted by Gasteiger charge is -2.07. The number of hydrogen-bond donors (Lipinski definition) is 0. The molecule has 0 bridgehead atoms. The average Bonchev–Trinajstić information content (AvgIpc) is 3.40. The van der Waals surface area contributed by atoms with Crippen molar-refractivity contribution in [1.29, 1.82) is 5.26 Å². The molecule has 0 radical (unpaired) electrons. The topological polar surface area (TPSA) is 45.5 Å². The van der Waals surface area contributed by atoms with Gasteiger partial charge in [0.05, 0.1) is 31.0 Å². The van der Waals surface area contributed by atoms with Crippen molar-refractivity contribution < 1.29 is 9.47 Å². The number of nitriles is 1. The summed E-state index contributed by atoms with van der Waals surface area (Å²) in [6.45, 7) is 1.70. The highest BCUT2D eigenvalue weighted by Gasteiger charge is 2.20. The van der Waals surface area contributed by atoms with Gasteiger partial charge in [0.2, 0.25) is 0 Å². The van der Waals surface area contributed by atoms with Crippen LogP contribution in [0.25, 0.3) is 11.1 Å². The van der Waals surface area contributed by atoms with Crippen LogP contribution in [0.15, 0.2) is 48.5 Å². The summed E-state index contributed by atoms with van der Waals surface area (Å²) in [6, 6.07) is 17.8. The minimum atomic E-state index is 0.520. The largest absolute Gasteiger partial charge is 0.494 e. The van der Waals surface area contributed by atoms with Crippen LogP contribution in [0.1, 0.15) is 24.8 Å². The lowest BCUT2D eigenvalue weighted by Crippen LogP contribution is -1.98. The van der Waals surface area contributed by atoms with Crippen LogP contribution >= 0.6 is 0 Å². The summed E-state index contributed by atoms with van der Waals surface area (Å²) < 4.78 is 10.9. The number of hydrogen-bond acceptors (Lipinski definition) is 3. The Bertz CT molecular complexity index is 637. The van der Waals surface area contributed by atoms with Gasteiger partial charge in [-0.25, -0.2) is 0 Å². The summed E-state index contributed by atoms with van der Waals surface area (Å²) in [6.07, 6.45) is 3.90. The molecule has 3 nitrogen and oxygen atoms in total. The molecule has 0 aromatic heterocycles. The van der Waals surface area contributed by atoms with Crippen molar-refractivity contribution in [2.45, 2.75) is 25.4 Å². The minimum absolute atomic E-state index is 0.520. The molecule has 1 unspecified atom stereocenters. The second kappa shape index (κ2) is 7.11. The number of benzene rings is 2. The molecule has 22 heavy (non-hydrogen) atoms. The van der Waals surface area contributed by atoms with E-state index in [4.69, 9.17) is 14.7 Å². The van der Waals surface area contributed by atoms with Gasteiger partial charge in [0.25, 0.3) is 0 Å². The van der Waals surface area contributed by atoms with E-state index in [2.05, 4.69) is 18.2 Å². The predicted molar refractivity (Wildman–Crippen MR) is 85.7 cm³/mol. The van der Waals surface area contributed by atoms with Gasteiger partial charge in [-0.15, -0.1) is 0 Å². The Hall–Kier alpha value is -2.31. The van der Waals surface area contributed by atoms with E-state index in [1.165, 1.54) is 0 Å². The smallest absolute Gasteiger partial charge is 0.119 e. The highest BCUT2D eigenvalue weighted by Crippen LogP contribution is 2.23. The maximum atomic E-state index is 8.82. The fourth-order valence-corrected chi connectivity index (χ4v) is 2.38. The van der Waals surface area contributed by atoms with Crippen molar-refractivity contribution in [2.24, 2.45) is 0 Å². The fourth-order valence-electron chi connectivity index (χ4n) is 2.38. The molecule has 112 valence electrons. The molecule has 1 aliphatic rings. The summed E-state index contributed by atoms with van der Waals surface area (Å²) in [5, 5.41) is 8.82. The van der Waals surface area contributed by atoms with Crippen LogP contribution in [0, 0.1) is 11.3 Å². The Morgan fingerprint density at radius 3 is 2.23 bits per heavy atom. The molecule has 2 aromatic carbocycles. The van der Waals surface area contributed by atoms with Crippen molar-refractivity contribution in [3.63, 3.8) is 0 Å². The maximum absolute atomic E-state index is 8.82. The van der Waals surface area contributed by atoms with Crippen LogP contribution in [0.2, 0.25) is 0 Å². The first-order valence-corrected chi connectivity index (χ1v) is 7.70. The van der Waals surface area contributed by atoms with E-state index in [1.807, 2.05) is 36.4 Å². The molecule has 3 heteroatoms. The second-order valence-corrected chi connectivity index (χ2v) is 5.51. The van der Waals surface area contributed by atoms with Gasteiger partial charge in [-0.3, -0.25) is 0 Å². The second-order valence-electron chi connectivity index (χ2n) is 5.51. The number of nitrogens with zero attached hydrogens (tertiary/aromatic N) is 1. The van der Waals surface area contributed by atoms with Crippen molar-refractivity contribution in [1.82, 2.24) is 0 Å². The van der Waals surface area contributed by atoms with Gasteiger partial charge in [-0.1, -0.05) is 24.3 Å². The van der Waals surface area contributed by atoms with Crippen molar-refractivity contribution in [3.8, 4) is 22.9 Å². The highest BCUT2D eigenvalue weighted by atomic mass is 16.6. The molecular formula is C19H19NO2. The Morgan fingerprint density at radius 2 is 1.64 bits per heavy atom. The molecule has 1 saturated heterocycles. The van der Waals surface area contributed by atoms with Gasteiger partial charge in [0, 0.05) is 0 Å². The molecule has 1 heterocycles.